The van der Waals surface area contributed by atoms with Crippen LogP contribution in [-0.4, -0.2) is 21.0 Å². The second kappa shape index (κ2) is 7.04. The van der Waals surface area contributed by atoms with Crippen LogP contribution in [0.1, 0.15) is 69.9 Å². The SMILES string of the molecule is CC.Cc1nc2sc3c(n2c1C)CC(C)(C)CC3(C)C.O=CO. The highest BCUT2D eigenvalue weighted by atomic mass is 32.1. The predicted molar refractivity (Wildman–Crippen MR) is 97.7 cm³/mol. The molecule has 2 heterocycles. The summed E-state index contributed by atoms with van der Waals surface area (Å²) in [5, 5.41) is 6.89. The number of rotatable bonds is 0. The molecule has 0 atom stereocenters. The van der Waals surface area contributed by atoms with Crippen LogP contribution in [0.3, 0.4) is 0 Å². The average molecular weight is 339 g/mol. The number of carbonyl (C=O) groups is 1. The average Bonchev–Trinajstić information content (AvgIpc) is 2.90. The van der Waals surface area contributed by atoms with Crippen LogP contribution in [0.5, 0.6) is 0 Å². The summed E-state index contributed by atoms with van der Waals surface area (Å²) in [6.07, 6.45) is 2.43. The molecule has 130 valence electrons. The summed E-state index contributed by atoms with van der Waals surface area (Å²) in [6.45, 7) is 17.6. The van der Waals surface area contributed by atoms with Gasteiger partial charge in [-0.25, -0.2) is 4.98 Å². The molecule has 2 aromatic rings. The zero-order valence-electron chi connectivity index (χ0n) is 15.6. The molecule has 0 bridgehead atoms. The zero-order chi connectivity index (χ0) is 18.0. The van der Waals surface area contributed by atoms with Gasteiger partial charge in [0, 0.05) is 21.7 Å². The fourth-order valence-electron chi connectivity index (χ4n) is 3.70. The van der Waals surface area contributed by atoms with Gasteiger partial charge in [-0.05, 0) is 32.1 Å². The number of thiazole rings is 1. The summed E-state index contributed by atoms with van der Waals surface area (Å²) in [6, 6.07) is 0. The maximum atomic E-state index is 8.36. The van der Waals surface area contributed by atoms with Crippen molar-refractivity contribution in [2.75, 3.05) is 0 Å². The number of imidazole rings is 1. The normalized spacial score (nSPS) is 17.4. The van der Waals surface area contributed by atoms with Gasteiger partial charge < -0.3 is 5.11 Å². The zero-order valence-corrected chi connectivity index (χ0v) is 16.5. The molecule has 0 amide bonds. The van der Waals surface area contributed by atoms with Gasteiger partial charge in [-0.15, -0.1) is 11.3 Å². The lowest BCUT2D eigenvalue weighted by atomic mass is 9.67. The Morgan fingerprint density at radius 3 is 2.26 bits per heavy atom. The summed E-state index contributed by atoms with van der Waals surface area (Å²) in [5.41, 5.74) is 4.66. The Kier molecular flexibility index (Phi) is 6.02. The quantitative estimate of drug-likeness (QED) is 0.689. The monoisotopic (exact) mass is 338 g/mol. The fourth-order valence-corrected chi connectivity index (χ4v) is 5.03. The van der Waals surface area contributed by atoms with Crippen molar-refractivity contribution < 1.29 is 9.90 Å². The third kappa shape index (κ3) is 3.77. The Morgan fingerprint density at radius 2 is 1.74 bits per heavy atom. The lowest BCUT2D eigenvalue weighted by Crippen LogP contribution is -2.34. The Morgan fingerprint density at radius 1 is 1.22 bits per heavy atom. The molecule has 0 fully saturated rings. The van der Waals surface area contributed by atoms with Crippen molar-refractivity contribution in [2.45, 2.75) is 73.6 Å². The van der Waals surface area contributed by atoms with Crippen molar-refractivity contribution in [1.82, 2.24) is 9.38 Å². The molecule has 2 aromatic heterocycles. The van der Waals surface area contributed by atoms with Crippen LogP contribution in [0, 0.1) is 19.3 Å². The van der Waals surface area contributed by atoms with E-state index in [1.165, 1.54) is 34.9 Å². The van der Waals surface area contributed by atoms with Crippen molar-refractivity contribution in [3.8, 4) is 0 Å². The summed E-state index contributed by atoms with van der Waals surface area (Å²) in [7, 11) is 0. The van der Waals surface area contributed by atoms with Crippen LogP contribution < -0.4 is 0 Å². The van der Waals surface area contributed by atoms with Crippen molar-refractivity contribution in [3.63, 3.8) is 0 Å². The second-order valence-corrected chi connectivity index (χ2v) is 8.26. The molecule has 23 heavy (non-hydrogen) atoms. The number of carboxylic acid groups (broad SMARTS) is 1. The topological polar surface area (TPSA) is 54.6 Å². The number of aryl methyl sites for hydroxylation is 2. The minimum absolute atomic E-state index is 0.250. The molecule has 0 aliphatic heterocycles. The first-order valence-electron chi connectivity index (χ1n) is 8.18. The number of fused-ring (bicyclic) bond motifs is 3. The Balaban J connectivity index is 0.000000477. The maximum Gasteiger partial charge on any atom is 0.290 e. The minimum atomic E-state index is -0.250. The van der Waals surface area contributed by atoms with Crippen molar-refractivity contribution in [1.29, 1.82) is 0 Å². The van der Waals surface area contributed by atoms with E-state index in [-0.39, 0.29) is 11.9 Å². The van der Waals surface area contributed by atoms with Gasteiger partial charge in [0.15, 0.2) is 4.96 Å². The fraction of sp³-hybridized carbons (Fsp3) is 0.667. The standard InChI is InChI=1S/C15H22N2S.C2H6.CH2O2/c1-9-10(2)17-11-7-14(3,4)8-15(5,6)12(11)18-13(17)16-9;1-2;2-1-3/h7-8H2,1-6H3;1-2H3;1H,(H,2,3). The molecule has 0 unspecified atom stereocenters. The molecule has 0 saturated carbocycles. The molecule has 0 spiro atoms. The van der Waals surface area contributed by atoms with Gasteiger partial charge in [0.2, 0.25) is 0 Å². The van der Waals surface area contributed by atoms with Gasteiger partial charge in [0.25, 0.3) is 6.47 Å². The summed E-state index contributed by atoms with van der Waals surface area (Å²) < 4.78 is 2.40. The highest BCUT2D eigenvalue weighted by Crippen LogP contribution is 2.48. The summed E-state index contributed by atoms with van der Waals surface area (Å²) in [4.78, 5) is 15.8. The van der Waals surface area contributed by atoms with Crippen LogP contribution in [0.25, 0.3) is 4.96 Å². The van der Waals surface area contributed by atoms with Crippen LogP contribution in [0.15, 0.2) is 0 Å². The maximum absolute atomic E-state index is 8.36. The lowest BCUT2D eigenvalue weighted by Gasteiger charge is -2.40. The highest BCUT2D eigenvalue weighted by Gasteiger charge is 2.40. The summed E-state index contributed by atoms with van der Waals surface area (Å²) >= 11 is 1.89. The van der Waals surface area contributed by atoms with Crippen LogP contribution in [-0.2, 0) is 16.6 Å². The van der Waals surface area contributed by atoms with Crippen LogP contribution in [0.2, 0.25) is 0 Å². The molecule has 0 radical (unpaired) electrons. The molecule has 3 rings (SSSR count). The van der Waals surface area contributed by atoms with Gasteiger partial charge in [-0.1, -0.05) is 41.5 Å². The molecule has 4 nitrogen and oxygen atoms in total. The van der Waals surface area contributed by atoms with Gasteiger partial charge >= 0.3 is 0 Å². The molecule has 1 aliphatic rings. The Labute approximate surface area is 143 Å². The first-order chi connectivity index (χ1) is 10.6. The first-order valence-corrected chi connectivity index (χ1v) is 9.00. The minimum Gasteiger partial charge on any atom is -0.483 e. The number of hydrogen-bond acceptors (Lipinski definition) is 3. The van der Waals surface area contributed by atoms with E-state index in [0.717, 1.165) is 0 Å². The van der Waals surface area contributed by atoms with Gasteiger partial charge in [0.1, 0.15) is 0 Å². The Hall–Kier alpha value is -1.36. The third-order valence-corrected chi connectivity index (χ3v) is 5.67. The van der Waals surface area contributed by atoms with Gasteiger partial charge in [-0.3, -0.25) is 9.20 Å². The smallest absolute Gasteiger partial charge is 0.290 e. The van der Waals surface area contributed by atoms with E-state index in [9.17, 15) is 0 Å². The van der Waals surface area contributed by atoms with E-state index >= 15 is 0 Å². The largest absolute Gasteiger partial charge is 0.483 e. The van der Waals surface area contributed by atoms with E-state index in [4.69, 9.17) is 14.9 Å². The van der Waals surface area contributed by atoms with Crippen molar-refractivity contribution >= 4 is 22.8 Å². The van der Waals surface area contributed by atoms with Crippen LogP contribution in [0.4, 0.5) is 0 Å². The number of nitrogens with zero attached hydrogens (tertiary/aromatic N) is 2. The lowest BCUT2D eigenvalue weighted by molar-refractivity contribution is -0.122. The molecule has 1 aliphatic carbocycles. The number of aromatic nitrogens is 2. The van der Waals surface area contributed by atoms with E-state index in [1.54, 1.807) is 4.88 Å². The second-order valence-electron chi connectivity index (χ2n) is 7.29. The molecule has 5 heteroatoms. The molecular formula is C18H30N2O2S. The van der Waals surface area contributed by atoms with Gasteiger partial charge in [0.05, 0.1) is 5.69 Å². The van der Waals surface area contributed by atoms with E-state index in [0.29, 0.717) is 5.41 Å². The van der Waals surface area contributed by atoms with Crippen molar-refractivity contribution in [3.05, 3.63) is 22.0 Å². The molecule has 1 N–H and O–H groups in total. The molecule has 0 aromatic carbocycles. The highest BCUT2D eigenvalue weighted by molar-refractivity contribution is 7.17. The Bertz CT molecular complexity index is 681. The van der Waals surface area contributed by atoms with Gasteiger partial charge in [-0.2, -0.15) is 0 Å². The predicted octanol–water partition coefficient (Wildman–Crippen LogP) is 4.99. The van der Waals surface area contributed by atoms with E-state index in [1.807, 2.05) is 25.2 Å². The molecular weight excluding hydrogens is 308 g/mol. The van der Waals surface area contributed by atoms with Crippen LogP contribution >= 0.6 is 11.3 Å². The number of hydrogen-bond donors (Lipinski definition) is 1. The third-order valence-electron chi connectivity index (χ3n) is 4.22. The van der Waals surface area contributed by atoms with Crippen molar-refractivity contribution in [2.24, 2.45) is 5.41 Å². The summed E-state index contributed by atoms with van der Waals surface area (Å²) in [5.74, 6) is 0. The van der Waals surface area contributed by atoms with E-state index in [2.05, 4.69) is 45.9 Å². The van der Waals surface area contributed by atoms with E-state index < -0.39 is 0 Å². The first kappa shape index (κ1) is 19.7. The molecule has 0 saturated heterocycles.